The first-order chi connectivity index (χ1) is 11.0. The first-order valence-electron chi connectivity index (χ1n) is 7.93. The maximum atomic E-state index is 13.1. The second-order valence-corrected chi connectivity index (χ2v) is 7.23. The van der Waals surface area contributed by atoms with Crippen molar-refractivity contribution in [1.82, 2.24) is 10.6 Å². The Hall–Kier alpha value is -1.43. The summed E-state index contributed by atoms with van der Waals surface area (Å²) in [7, 11) is 0. The fourth-order valence-electron chi connectivity index (χ4n) is 3.00. The fraction of sp³-hybridized carbons (Fsp3) is 0.389. The van der Waals surface area contributed by atoms with E-state index in [0.717, 1.165) is 35.4 Å². The Bertz CT molecular complexity index is 702. The van der Waals surface area contributed by atoms with Crippen molar-refractivity contribution in [3.63, 3.8) is 0 Å². The van der Waals surface area contributed by atoms with Crippen LogP contribution in [0.3, 0.4) is 0 Å². The molecule has 2 unspecified atom stereocenters. The Kier molecular flexibility index (Phi) is 6.38. The van der Waals surface area contributed by atoms with Crippen LogP contribution in [0.4, 0.5) is 4.39 Å². The van der Waals surface area contributed by atoms with E-state index in [1.165, 1.54) is 23.5 Å². The summed E-state index contributed by atoms with van der Waals surface area (Å²) in [5.41, 5.74) is 1.99. The number of carbonyl (C=O) groups excluding carboxylic acids is 1. The molecule has 1 aromatic carbocycles. The molecule has 1 aliphatic rings. The van der Waals surface area contributed by atoms with Crippen molar-refractivity contribution in [2.45, 2.75) is 38.8 Å². The monoisotopic (exact) mass is 368 g/mol. The predicted octanol–water partition coefficient (Wildman–Crippen LogP) is 4.15. The van der Waals surface area contributed by atoms with E-state index in [-0.39, 0.29) is 30.2 Å². The minimum atomic E-state index is -0.249. The number of benzene rings is 1. The quantitative estimate of drug-likeness (QED) is 0.854. The number of hydrogen-bond donors (Lipinski definition) is 2. The van der Waals surface area contributed by atoms with Gasteiger partial charge in [-0.15, -0.1) is 23.7 Å². The number of hydrogen-bond acceptors (Lipinski definition) is 3. The highest BCUT2D eigenvalue weighted by atomic mass is 35.5. The van der Waals surface area contributed by atoms with Gasteiger partial charge in [-0.05, 0) is 62.6 Å². The summed E-state index contributed by atoms with van der Waals surface area (Å²) in [5, 5.41) is 6.52. The zero-order chi connectivity index (χ0) is 16.4. The van der Waals surface area contributed by atoms with E-state index >= 15 is 0 Å². The molecule has 0 spiro atoms. The lowest BCUT2D eigenvalue weighted by atomic mass is 10.0. The molecule has 130 valence electrons. The Labute approximate surface area is 152 Å². The van der Waals surface area contributed by atoms with Crippen molar-refractivity contribution in [3.05, 3.63) is 46.6 Å². The zero-order valence-electron chi connectivity index (χ0n) is 13.8. The molecule has 0 saturated carbocycles. The first kappa shape index (κ1) is 18.9. The highest BCUT2D eigenvalue weighted by Crippen LogP contribution is 2.32. The minimum absolute atomic E-state index is 0. The topological polar surface area (TPSA) is 41.1 Å². The van der Waals surface area contributed by atoms with E-state index in [4.69, 9.17) is 0 Å². The third kappa shape index (κ3) is 4.35. The standard InChI is InChI=1S/C18H21FN2OS.ClH/c1-11-9-16(18(22)21-15-7-8-20-12(2)10-15)23-17(11)13-3-5-14(19)6-4-13;/h3-6,9,12,15,20H,7-8,10H2,1-2H3,(H,21,22);1H. The molecule has 0 aliphatic carbocycles. The molecule has 6 heteroatoms. The highest BCUT2D eigenvalue weighted by molar-refractivity contribution is 7.17. The maximum Gasteiger partial charge on any atom is 0.261 e. The smallest absolute Gasteiger partial charge is 0.261 e. The van der Waals surface area contributed by atoms with Crippen LogP contribution in [0.5, 0.6) is 0 Å². The van der Waals surface area contributed by atoms with Crippen LogP contribution in [-0.4, -0.2) is 24.5 Å². The van der Waals surface area contributed by atoms with Crippen LogP contribution in [0.1, 0.15) is 35.0 Å². The van der Waals surface area contributed by atoms with Crippen LogP contribution < -0.4 is 10.6 Å². The third-order valence-corrected chi connectivity index (χ3v) is 5.49. The number of carbonyl (C=O) groups is 1. The predicted molar refractivity (Wildman–Crippen MR) is 99.7 cm³/mol. The third-order valence-electron chi connectivity index (χ3n) is 4.21. The Balaban J connectivity index is 0.00000208. The van der Waals surface area contributed by atoms with Crippen molar-refractivity contribution in [1.29, 1.82) is 0 Å². The number of halogens is 2. The molecule has 1 aliphatic heterocycles. The van der Waals surface area contributed by atoms with Crippen LogP contribution in [0.25, 0.3) is 10.4 Å². The van der Waals surface area contributed by atoms with Crippen LogP contribution in [-0.2, 0) is 0 Å². The molecule has 1 fully saturated rings. The molecule has 3 rings (SSSR count). The Morgan fingerprint density at radius 3 is 2.71 bits per heavy atom. The first-order valence-corrected chi connectivity index (χ1v) is 8.75. The van der Waals surface area contributed by atoms with Crippen molar-refractivity contribution in [3.8, 4) is 10.4 Å². The minimum Gasteiger partial charge on any atom is -0.349 e. The van der Waals surface area contributed by atoms with Crippen LogP contribution in [0.15, 0.2) is 30.3 Å². The van der Waals surface area contributed by atoms with Crippen molar-refractivity contribution < 1.29 is 9.18 Å². The van der Waals surface area contributed by atoms with Crippen LogP contribution in [0, 0.1) is 12.7 Å². The molecular formula is C18H22ClFN2OS. The molecule has 2 N–H and O–H groups in total. The number of amides is 1. The van der Waals surface area contributed by atoms with Crippen LogP contribution in [0.2, 0.25) is 0 Å². The van der Waals surface area contributed by atoms with Crippen LogP contribution >= 0.6 is 23.7 Å². The van der Waals surface area contributed by atoms with E-state index in [9.17, 15) is 9.18 Å². The molecule has 24 heavy (non-hydrogen) atoms. The average Bonchev–Trinajstić information content (AvgIpc) is 2.90. The van der Waals surface area contributed by atoms with Gasteiger partial charge in [-0.1, -0.05) is 12.1 Å². The zero-order valence-corrected chi connectivity index (χ0v) is 15.4. The summed E-state index contributed by atoms with van der Waals surface area (Å²) in [4.78, 5) is 14.2. The molecule has 0 bridgehead atoms. The number of aryl methyl sites for hydroxylation is 1. The summed E-state index contributed by atoms with van der Waals surface area (Å²) < 4.78 is 13.1. The molecule has 1 aromatic heterocycles. The lowest BCUT2D eigenvalue weighted by Crippen LogP contribution is -2.46. The molecule has 2 aromatic rings. The Morgan fingerprint density at radius 1 is 1.33 bits per heavy atom. The summed E-state index contributed by atoms with van der Waals surface area (Å²) in [6.07, 6.45) is 1.92. The van der Waals surface area contributed by atoms with Gasteiger partial charge in [0.15, 0.2) is 0 Å². The lowest BCUT2D eigenvalue weighted by Gasteiger charge is -2.28. The van der Waals surface area contributed by atoms with E-state index in [1.54, 1.807) is 12.1 Å². The Morgan fingerprint density at radius 2 is 2.04 bits per heavy atom. The molecule has 3 nitrogen and oxygen atoms in total. The largest absolute Gasteiger partial charge is 0.349 e. The van der Waals surface area contributed by atoms with Crippen molar-refractivity contribution in [2.24, 2.45) is 0 Å². The van der Waals surface area contributed by atoms with Gasteiger partial charge >= 0.3 is 0 Å². The molecular weight excluding hydrogens is 347 g/mol. The maximum absolute atomic E-state index is 13.1. The normalized spacial score (nSPS) is 20.3. The van der Waals surface area contributed by atoms with Gasteiger partial charge in [-0.25, -0.2) is 4.39 Å². The highest BCUT2D eigenvalue weighted by Gasteiger charge is 2.22. The summed E-state index contributed by atoms with van der Waals surface area (Å²) in [5.74, 6) is -0.258. The number of thiophene rings is 1. The van der Waals surface area contributed by atoms with Gasteiger partial charge in [-0.2, -0.15) is 0 Å². The summed E-state index contributed by atoms with van der Waals surface area (Å²) >= 11 is 1.47. The molecule has 1 saturated heterocycles. The lowest BCUT2D eigenvalue weighted by molar-refractivity contribution is 0.0930. The van der Waals surface area contributed by atoms with E-state index in [0.29, 0.717) is 10.9 Å². The molecule has 2 heterocycles. The van der Waals surface area contributed by atoms with Gasteiger partial charge in [0, 0.05) is 17.0 Å². The molecule has 1 amide bonds. The van der Waals surface area contributed by atoms with Crippen molar-refractivity contribution >= 4 is 29.7 Å². The van der Waals surface area contributed by atoms with Gasteiger partial charge in [0.25, 0.3) is 5.91 Å². The second-order valence-electron chi connectivity index (χ2n) is 6.18. The van der Waals surface area contributed by atoms with E-state index in [2.05, 4.69) is 17.6 Å². The second kappa shape index (κ2) is 8.10. The van der Waals surface area contributed by atoms with Gasteiger partial charge in [0.2, 0.25) is 0 Å². The van der Waals surface area contributed by atoms with Gasteiger partial charge < -0.3 is 10.6 Å². The molecule has 2 atom stereocenters. The number of piperidine rings is 1. The summed E-state index contributed by atoms with van der Waals surface area (Å²) in [6, 6.07) is 9.00. The SMILES string of the molecule is Cc1cc(C(=O)NC2CCNC(C)C2)sc1-c1ccc(F)cc1.Cl. The summed E-state index contributed by atoms with van der Waals surface area (Å²) in [6.45, 7) is 5.06. The van der Waals surface area contributed by atoms with Crippen molar-refractivity contribution in [2.75, 3.05) is 6.54 Å². The van der Waals surface area contributed by atoms with Gasteiger partial charge in [0.1, 0.15) is 5.82 Å². The fourth-order valence-corrected chi connectivity index (χ4v) is 4.08. The number of rotatable bonds is 3. The average molecular weight is 369 g/mol. The van der Waals surface area contributed by atoms with Gasteiger partial charge in [0.05, 0.1) is 4.88 Å². The van der Waals surface area contributed by atoms with E-state index < -0.39 is 0 Å². The van der Waals surface area contributed by atoms with Gasteiger partial charge in [-0.3, -0.25) is 4.79 Å². The number of nitrogens with one attached hydrogen (secondary N) is 2. The molecule has 0 radical (unpaired) electrons. The van der Waals surface area contributed by atoms with E-state index in [1.807, 2.05) is 13.0 Å².